The van der Waals surface area contributed by atoms with Crippen molar-refractivity contribution in [2.75, 3.05) is 13.1 Å². The highest BCUT2D eigenvalue weighted by molar-refractivity contribution is 7.90. The number of carbonyl (C=O) groups is 1. The van der Waals surface area contributed by atoms with Crippen molar-refractivity contribution in [1.82, 2.24) is 24.6 Å². The molecule has 1 atom stereocenters. The van der Waals surface area contributed by atoms with Gasteiger partial charge < -0.3 is 4.90 Å². The minimum Gasteiger partial charge on any atom is -0.336 e. The Hall–Kier alpha value is -1.48. The van der Waals surface area contributed by atoms with Crippen LogP contribution in [-0.2, 0) is 15.6 Å². The van der Waals surface area contributed by atoms with Crippen LogP contribution in [0.3, 0.4) is 0 Å². The van der Waals surface area contributed by atoms with Gasteiger partial charge in [-0.2, -0.15) is 0 Å². The van der Waals surface area contributed by atoms with Gasteiger partial charge in [0.15, 0.2) is 5.69 Å². The fraction of sp³-hybridized carbons (Fsp3) is 0.824. The van der Waals surface area contributed by atoms with E-state index in [0.29, 0.717) is 19.4 Å². The van der Waals surface area contributed by atoms with Gasteiger partial charge in [0.25, 0.3) is 5.91 Å². The van der Waals surface area contributed by atoms with Crippen LogP contribution < -0.4 is 4.72 Å². The van der Waals surface area contributed by atoms with Crippen molar-refractivity contribution in [3.8, 4) is 0 Å². The normalized spacial score (nSPS) is 22.7. The Morgan fingerprint density at radius 2 is 1.88 bits per heavy atom. The van der Waals surface area contributed by atoms with Crippen LogP contribution in [0.2, 0.25) is 0 Å². The molecule has 8 nitrogen and oxygen atoms in total. The summed E-state index contributed by atoms with van der Waals surface area (Å²) in [6.45, 7) is 6.70. The Morgan fingerprint density at radius 3 is 2.50 bits per heavy atom. The first-order chi connectivity index (χ1) is 12.2. The first-order valence-corrected chi connectivity index (χ1v) is 10.9. The Balaban J connectivity index is 1.67. The molecule has 2 aliphatic rings. The van der Waals surface area contributed by atoms with Crippen molar-refractivity contribution in [3.05, 3.63) is 11.9 Å². The molecule has 2 heterocycles. The second kappa shape index (κ2) is 7.26. The van der Waals surface area contributed by atoms with E-state index in [4.69, 9.17) is 0 Å². The minimum atomic E-state index is -3.42. The smallest absolute Gasteiger partial charge is 0.276 e. The molecule has 26 heavy (non-hydrogen) atoms. The number of carbonyl (C=O) groups excluding carboxylic acids is 1. The lowest BCUT2D eigenvalue weighted by atomic mass is 10.1. The van der Waals surface area contributed by atoms with Crippen LogP contribution in [-0.4, -0.2) is 58.6 Å². The van der Waals surface area contributed by atoms with E-state index in [9.17, 15) is 13.2 Å². The molecule has 146 valence electrons. The molecular formula is C17H29N5O3S. The number of piperidine rings is 1. The third-order valence-electron chi connectivity index (χ3n) is 5.19. The summed E-state index contributed by atoms with van der Waals surface area (Å²) in [6.07, 6.45) is 6.86. The quantitative estimate of drug-likeness (QED) is 0.850. The number of amides is 1. The number of hydrogen-bond donors (Lipinski definition) is 1. The average Bonchev–Trinajstić information content (AvgIpc) is 3.25. The van der Waals surface area contributed by atoms with Crippen LogP contribution in [0, 0.1) is 0 Å². The zero-order valence-corrected chi connectivity index (χ0v) is 16.6. The predicted molar refractivity (Wildman–Crippen MR) is 98.3 cm³/mol. The first-order valence-electron chi connectivity index (χ1n) is 9.40. The van der Waals surface area contributed by atoms with Crippen LogP contribution in [0.25, 0.3) is 0 Å². The van der Waals surface area contributed by atoms with E-state index in [2.05, 4.69) is 15.0 Å². The van der Waals surface area contributed by atoms with Gasteiger partial charge in [-0.25, -0.2) is 17.8 Å². The SMILES string of the molecule is CC(C)(C)n1cc(C(=O)N2CCCC(S(=O)(=O)NC3CCCC3)C2)nn1. The molecule has 1 amide bonds. The minimum absolute atomic E-state index is 0.0535. The summed E-state index contributed by atoms with van der Waals surface area (Å²) in [6, 6.07) is 0.0535. The van der Waals surface area contributed by atoms with E-state index in [1.165, 1.54) is 0 Å². The molecule has 1 unspecified atom stereocenters. The first kappa shape index (κ1) is 19.3. The molecule has 1 N–H and O–H groups in total. The summed E-state index contributed by atoms with van der Waals surface area (Å²) in [4.78, 5) is 14.3. The molecule has 1 saturated carbocycles. The van der Waals surface area contributed by atoms with Crippen LogP contribution in [0.1, 0.15) is 69.8 Å². The molecule has 0 spiro atoms. The van der Waals surface area contributed by atoms with Gasteiger partial charge >= 0.3 is 0 Å². The van der Waals surface area contributed by atoms with E-state index < -0.39 is 15.3 Å². The highest BCUT2D eigenvalue weighted by Crippen LogP contribution is 2.23. The number of rotatable bonds is 4. The van der Waals surface area contributed by atoms with Gasteiger partial charge in [0.05, 0.1) is 17.0 Å². The fourth-order valence-corrected chi connectivity index (χ4v) is 5.35. The van der Waals surface area contributed by atoms with E-state index in [0.717, 1.165) is 25.7 Å². The second-order valence-corrected chi connectivity index (χ2v) is 10.4. The van der Waals surface area contributed by atoms with Gasteiger partial charge in [-0.15, -0.1) is 5.10 Å². The maximum absolute atomic E-state index is 12.8. The molecule has 1 aromatic heterocycles. The van der Waals surface area contributed by atoms with E-state index >= 15 is 0 Å². The van der Waals surface area contributed by atoms with Crippen LogP contribution in [0.4, 0.5) is 0 Å². The average molecular weight is 384 g/mol. The van der Waals surface area contributed by atoms with Crippen LogP contribution in [0.15, 0.2) is 6.20 Å². The van der Waals surface area contributed by atoms with E-state index in [-0.39, 0.29) is 29.7 Å². The van der Waals surface area contributed by atoms with Crippen LogP contribution >= 0.6 is 0 Å². The van der Waals surface area contributed by atoms with Gasteiger partial charge in [-0.1, -0.05) is 18.1 Å². The molecule has 1 aliphatic carbocycles. The summed E-state index contributed by atoms with van der Waals surface area (Å²) < 4.78 is 29.9. The monoisotopic (exact) mass is 383 g/mol. The lowest BCUT2D eigenvalue weighted by molar-refractivity contribution is 0.0720. The molecule has 0 bridgehead atoms. The molecule has 1 saturated heterocycles. The molecule has 9 heteroatoms. The van der Waals surface area contributed by atoms with Gasteiger partial charge in [0.1, 0.15) is 0 Å². The highest BCUT2D eigenvalue weighted by atomic mass is 32.2. The molecule has 1 aliphatic heterocycles. The maximum atomic E-state index is 12.8. The second-order valence-electron chi connectivity index (χ2n) is 8.38. The van der Waals surface area contributed by atoms with E-state index in [1.54, 1.807) is 15.8 Å². The number of aromatic nitrogens is 3. The van der Waals surface area contributed by atoms with Crippen molar-refractivity contribution < 1.29 is 13.2 Å². The van der Waals surface area contributed by atoms with Crippen molar-refractivity contribution in [3.63, 3.8) is 0 Å². The highest BCUT2D eigenvalue weighted by Gasteiger charge is 2.35. The van der Waals surface area contributed by atoms with Crippen molar-refractivity contribution in [1.29, 1.82) is 0 Å². The largest absolute Gasteiger partial charge is 0.336 e. The van der Waals surface area contributed by atoms with Crippen LogP contribution in [0.5, 0.6) is 0 Å². The maximum Gasteiger partial charge on any atom is 0.276 e. The standard InChI is InChI=1S/C17H29N5O3S/c1-17(2,3)22-12-15(18-20-22)16(23)21-10-6-9-14(11-21)26(24,25)19-13-7-4-5-8-13/h12-14,19H,4-11H2,1-3H3. The molecule has 2 fully saturated rings. The molecule has 0 radical (unpaired) electrons. The zero-order valence-electron chi connectivity index (χ0n) is 15.8. The summed E-state index contributed by atoms with van der Waals surface area (Å²) >= 11 is 0. The molecule has 1 aromatic rings. The van der Waals surface area contributed by atoms with Gasteiger partial charge in [-0.3, -0.25) is 4.79 Å². The predicted octanol–water partition coefficient (Wildman–Crippen LogP) is 1.50. The number of hydrogen-bond acceptors (Lipinski definition) is 5. The number of nitrogens with one attached hydrogen (secondary N) is 1. The third kappa shape index (κ3) is 4.25. The van der Waals surface area contributed by atoms with Gasteiger partial charge in [0.2, 0.25) is 10.0 Å². The molecule has 0 aromatic carbocycles. The number of likely N-dealkylation sites (tertiary alicyclic amines) is 1. The van der Waals surface area contributed by atoms with Gasteiger partial charge in [0, 0.05) is 19.1 Å². The topological polar surface area (TPSA) is 97.2 Å². The molecule has 3 rings (SSSR count). The lowest BCUT2D eigenvalue weighted by Gasteiger charge is -2.32. The Labute approximate surface area is 155 Å². The lowest BCUT2D eigenvalue weighted by Crippen LogP contribution is -2.50. The summed E-state index contributed by atoms with van der Waals surface area (Å²) in [7, 11) is -3.42. The van der Waals surface area contributed by atoms with Crippen molar-refractivity contribution in [2.45, 2.75) is 76.1 Å². The molecular weight excluding hydrogens is 354 g/mol. The third-order valence-corrected chi connectivity index (χ3v) is 7.11. The Kier molecular flexibility index (Phi) is 5.39. The summed E-state index contributed by atoms with van der Waals surface area (Å²) in [5, 5.41) is 7.46. The number of sulfonamides is 1. The Bertz CT molecular complexity index is 747. The summed E-state index contributed by atoms with van der Waals surface area (Å²) in [5.74, 6) is -0.249. The number of nitrogens with zero attached hydrogens (tertiary/aromatic N) is 4. The fourth-order valence-electron chi connectivity index (χ4n) is 3.60. The van der Waals surface area contributed by atoms with Crippen molar-refractivity contribution >= 4 is 15.9 Å². The Morgan fingerprint density at radius 1 is 1.19 bits per heavy atom. The van der Waals surface area contributed by atoms with Crippen molar-refractivity contribution in [2.24, 2.45) is 0 Å². The van der Waals surface area contributed by atoms with E-state index in [1.807, 2.05) is 20.8 Å². The zero-order chi connectivity index (χ0) is 18.9. The summed E-state index contributed by atoms with van der Waals surface area (Å²) in [5.41, 5.74) is 0.00607. The van der Waals surface area contributed by atoms with Gasteiger partial charge in [-0.05, 0) is 46.5 Å².